The summed E-state index contributed by atoms with van der Waals surface area (Å²) in [6.45, 7) is 5.51. The van der Waals surface area contributed by atoms with Crippen LogP contribution in [0.3, 0.4) is 0 Å². The number of halogens is 1. The number of carboxylic acid groups (broad SMARTS) is 1. The molecule has 1 unspecified atom stereocenters. The van der Waals surface area contributed by atoms with E-state index in [9.17, 15) is 9.59 Å². The molecule has 1 atom stereocenters. The molecule has 5 nitrogen and oxygen atoms in total. The summed E-state index contributed by atoms with van der Waals surface area (Å²) in [7, 11) is 0. The molecule has 0 fully saturated rings. The highest BCUT2D eigenvalue weighted by Crippen LogP contribution is 2.24. The van der Waals surface area contributed by atoms with Crippen LogP contribution in [0.5, 0.6) is 0 Å². The number of amides is 2. The maximum Gasteiger partial charge on any atom is 0.319 e. The Morgan fingerprint density at radius 2 is 1.84 bits per heavy atom. The van der Waals surface area contributed by atoms with Crippen molar-refractivity contribution >= 4 is 33.6 Å². The minimum Gasteiger partial charge on any atom is -0.481 e. The summed E-state index contributed by atoms with van der Waals surface area (Å²) in [5.74, 6) is -1.55. The molecule has 1 aromatic carbocycles. The Kier molecular flexibility index (Phi) is 5.35. The van der Waals surface area contributed by atoms with Gasteiger partial charge in [-0.05, 0) is 37.1 Å². The van der Waals surface area contributed by atoms with Crippen LogP contribution in [0, 0.1) is 19.8 Å². The lowest BCUT2D eigenvalue weighted by Crippen LogP contribution is -2.34. The number of carboxylic acids is 1. The van der Waals surface area contributed by atoms with Gasteiger partial charge < -0.3 is 15.7 Å². The van der Waals surface area contributed by atoms with E-state index in [1.54, 1.807) is 0 Å². The summed E-state index contributed by atoms with van der Waals surface area (Å²) in [4.78, 5) is 22.2. The number of urea groups is 1. The number of anilines is 1. The summed E-state index contributed by atoms with van der Waals surface area (Å²) < 4.78 is 1.01. The number of hydrogen-bond donors (Lipinski definition) is 3. The van der Waals surface area contributed by atoms with Gasteiger partial charge >= 0.3 is 12.0 Å². The van der Waals surface area contributed by atoms with Crippen molar-refractivity contribution < 1.29 is 14.7 Å². The standard InChI is InChI=1S/C13H17BrN2O3/c1-7-4-10(5-8(2)11(7)14)16-13(19)15-6-9(3)12(17)18/h4-5,9H,6H2,1-3H3,(H,17,18)(H2,15,16,19). The second kappa shape index (κ2) is 6.56. The van der Waals surface area contributed by atoms with Crippen LogP contribution < -0.4 is 10.6 Å². The number of benzene rings is 1. The first kappa shape index (κ1) is 15.5. The number of rotatable bonds is 4. The zero-order valence-electron chi connectivity index (χ0n) is 11.1. The van der Waals surface area contributed by atoms with Crippen molar-refractivity contribution in [3.05, 3.63) is 27.7 Å². The van der Waals surface area contributed by atoms with Crippen molar-refractivity contribution in [3.8, 4) is 0 Å². The predicted molar refractivity (Wildman–Crippen MR) is 77.4 cm³/mol. The van der Waals surface area contributed by atoms with Crippen LogP contribution in [0.15, 0.2) is 16.6 Å². The van der Waals surface area contributed by atoms with Gasteiger partial charge in [0.1, 0.15) is 0 Å². The molecule has 104 valence electrons. The van der Waals surface area contributed by atoms with Crippen LogP contribution in [0.25, 0.3) is 0 Å². The highest BCUT2D eigenvalue weighted by molar-refractivity contribution is 9.10. The zero-order valence-corrected chi connectivity index (χ0v) is 12.7. The molecule has 0 spiro atoms. The number of aryl methyl sites for hydroxylation is 2. The second-order valence-electron chi connectivity index (χ2n) is 4.50. The zero-order chi connectivity index (χ0) is 14.6. The van der Waals surface area contributed by atoms with Gasteiger partial charge in [-0.1, -0.05) is 22.9 Å². The van der Waals surface area contributed by atoms with Crippen molar-refractivity contribution in [1.82, 2.24) is 5.32 Å². The second-order valence-corrected chi connectivity index (χ2v) is 5.29. The average Bonchev–Trinajstić information content (AvgIpc) is 2.32. The summed E-state index contributed by atoms with van der Waals surface area (Å²) in [5, 5.41) is 13.9. The molecule has 0 aliphatic carbocycles. The third-order valence-electron chi connectivity index (χ3n) is 2.68. The normalized spacial score (nSPS) is 11.8. The molecule has 0 aliphatic heterocycles. The molecule has 0 bridgehead atoms. The Morgan fingerprint density at radius 1 is 1.32 bits per heavy atom. The van der Waals surface area contributed by atoms with Crippen LogP contribution >= 0.6 is 15.9 Å². The van der Waals surface area contributed by atoms with Gasteiger partial charge in [0.15, 0.2) is 0 Å². The fourth-order valence-corrected chi connectivity index (χ4v) is 1.76. The minimum absolute atomic E-state index is 0.0929. The van der Waals surface area contributed by atoms with E-state index in [2.05, 4.69) is 26.6 Å². The highest BCUT2D eigenvalue weighted by Gasteiger charge is 2.12. The van der Waals surface area contributed by atoms with E-state index in [-0.39, 0.29) is 6.54 Å². The van der Waals surface area contributed by atoms with Gasteiger partial charge in [0.05, 0.1) is 5.92 Å². The van der Waals surface area contributed by atoms with E-state index >= 15 is 0 Å². The van der Waals surface area contributed by atoms with Crippen molar-refractivity contribution in [2.24, 2.45) is 5.92 Å². The van der Waals surface area contributed by atoms with Crippen LogP contribution in [0.4, 0.5) is 10.5 Å². The third kappa shape index (κ3) is 4.55. The first-order valence-electron chi connectivity index (χ1n) is 5.85. The van der Waals surface area contributed by atoms with Gasteiger partial charge in [0.25, 0.3) is 0 Å². The predicted octanol–water partition coefficient (Wildman–Crippen LogP) is 2.91. The number of aliphatic carboxylic acids is 1. The largest absolute Gasteiger partial charge is 0.481 e. The number of carbonyl (C=O) groups is 2. The summed E-state index contributed by atoms with van der Waals surface area (Å²) in [6.07, 6.45) is 0. The van der Waals surface area contributed by atoms with E-state index in [4.69, 9.17) is 5.11 Å². The van der Waals surface area contributed by atoms with E-state index in [0.29, 0.717) is 5.69 Å². The van der Waals surface area contributed by atoms with Crippen LogP contribution in [0.1, 0.15) is 18.1 Å². The smallest absolute Gasteiger partial charge is 0.319 e. The molecular weight excluding hydrogens is 312 g/mol. The maximum atomic E-state index is 11.6. The summed E-state index contributed by atoms with van der Waals surface area (Å²) in [6, 6.07) is 3.28. The maximum absolute atomic E-state index is 11.6. The molecule has 0 aliphatic rings. The van der Waals surface area contributed by atoms with E-state index in [1.165, 1.54) is 6.92 Å². The first-order chi connectivity index (χ1) is 8.81. The Labute approximate surface area is 120 Å². The van der Waals surface area contributed by atoms with Crippen LogP contribution in [-0.4, -0.2) is 23.7 Å². The molecular formula is C13H17BrN2O3. The Hall–Kier alpha value is -1.56. The Balaban J connectivity index is 2.60. The SMILES string of the molecule is Cc1cc(NC(=O)NCC(C)C(=O)O)cc(C)c1Br. The number of hydrogen-bond acceptors (Lipinski definition) is 2. The number of carbonyl (C=O) groups excluding carboxylic acids is 1. The molecule has 2 amide bonds. The quantitative estimate of drug-likeness (QED) is 0.795. The lowest BCUT2D eigenvalue weighted by atomic mass is 10.1. The highest BCUT2D eigenvalue weighted by atomic mass is 79.9. The van der Waals surface area contributed by atoms with Gasteiger partial charge in [-0.3, -0.25) is 4.79 Å². The molecule has 6 heteroatoms. The molecule has 3 N–H and O–H groups in total. The van der Waals surface area contributed by atoms with Crippen molar-refractivity contribution in [3.63, 3.8) is 0 Å². The van der Waals surface area contributed by atoms with Crippen LogP contribution in [-0.2, 0) is 4.79 Å². The lowest BCUT2D eigenvalue weighted by Gasteiger charge is -2.12. The summed E-state index contributed by atoms with van der Waals surface area (Å²) >= 11 is 3.45. The van der Waals surface area contributed by atoms with E-state index < -0.39 is 17.9 Å². The lowest BCUT2D eigenvalue weighted by molar-refractivity contribution is -0.140. The van der Waals surface area contributed by atoms with Crippen molar-refractivity contribution in [2.75, 3.05) is 11.9 Å². The van der Waals surface area contributed by atoms with E-state index in [0.717, 1.165) is 15.6 Å². The molecule has 1 aromatic rings. The first-order valence-corrected chi connectivity index (χ1v) is 6.65. The van der Waals surface area contributed by atoms with Gasteiger partial charge in [-0.15, -0.1) is 0 Å². The van der Waals surface area contributed by atoms with Crippen molar-refractivity contribution in [1.29, 1.82) is 0 Å². The van der Waals surface area contributed by atoms with Gasteiger partial charge in [0, 0.05) is 16.7 Å². The molecule has 0 radical (unpaired) electrons. The number of nitrogens with one attached hydrogen (secondary N) is 2. The minimum atomic E-state index is -0.935. The molecule has 0 saturated heterocycles. The monoisotopic (exact) mass is 328 g/mol. The van der Waals surface area contributed by atoms with Gasteiger partial charge in [-0.25, -0.2) is 4.79 Å². The van der Waals surface area contributed by atoms with Crippen molar-refractivity contribution in [2.45, 2.75) is 20.8 Å². The molecule has 1 rings (SSSR count). The molecule has 0 aromatic heterocycles. The van der Waals surface area contributed by atoms with Crippen LogP contribution in [0.2, 0.25) is 0 Å². The Morgan fingerprint density at radius 3 is 2.32 bits per heavy atom. The average molecular weight is 329 g/mol. The third-order valence-corrected chi connectivity index (χ3v) is 3.94. The van der Waals surface area contributed by atoms with Gasteiger partial charge in [-0.2, -0.15) is 0 Å². The van der Waals surface area contributed by atoms with E-state index in [1.807, 2.05) is 26.0 Å². The Bertz CT molecular complexity index is 480. The molecule has 19 heavy (non-hydrogen) atoms. The topological polar surface area (TPSA) is 78.4 Å². The molecule has 0 saturated carbocycles. The fourth-order valence-electron chi connectivity index (χ4n) is 1.53. The van der Waals surface area contributed by atoms with Gasteiger partial charge in [0.2, 0.25) is 0 Å². The molecule has 0 heterocycles. The summed E-state index contributed by atoms with van der Waals surface area (Å²) in [5.41, 5.74) is 2.72. The fraction of sp³-hybridized carbons (Fsp3) is 0.385.